The van der Waals surface area contributed by atoms with Gasteiger partial charge >= 0.3 is 11.9 Å². The molecule has 7 fully saturated rings. The molecule has 1 aromatic carbocycles. The van der Waals surface area contributed by atoms with E-state index in [0.717, 1.165) is 4.90 Å². The van der Waals surface area contributed by atoms with Crippen molar-refractivity contribution in [1.29, 1.82) is 0 Å². The molecule has 13 nitrogen and oxygen atoms in total. The number of hydrogen-bond donors (Lipinski definition) is 2. The highest BCUT2D eigenvalue weighted by Gasteiger charge is 2.92. The molecule has 2 amide bonds. The van der Waals surface area contributed by atoms with E-state index in [-0.39, 0.29) is 60.5 Å². The first-order valence-electron chi connectivity index (χ1n) is 18.4. The fraction of sp³-hybridized carbons (Fsp3) is 0.737. The smallest absolute Gasteiger partial charge is 0.340 e. The third kappa shape index (κ3) is 4.19. The van der Waals surface area contributed by atoms with E-state index >= 15 is 0 Å². The van der Waals surface area contributed by atoms with Gasteiger partial charge in [0.15, 0.2) is 0 Å². The fourth-order valence-corrected chi connectivity index (χ4v) is 13.2. The van der Waals surface area contributed by atoms with Crippen molar-refractivity contribution in [2.24, 2.45) is 40.4 Å². The number of likely N-dealkylation sites (tertiary alicyclic amines) is 1. The summed E-state index contributed by atoms with van der Waals surface area (Å²) in [6.45, 7) is 6.02. The molecule has 1 spiro atoms. The highest BCUT2D eigenvalue weighted by Crippen LogP contribution is 2.80. The van der Waals surface area contributed by atoms with Gasteiger partial charge in [-0.25, -0.2) is 9.69 Å². The van der Waals surface area contributed by atoms with Gasteiger partial charge in [-0.2, -0.15) is 0 Å². The number of para-hydroxylation sites is 1. The van der Waals surface area contributed by atoms with Crippen LogP contribution in [0.2, 0.25) is 0 Å². The molecule has 5 aliphatic carbocycles. The zero-order valence-electron chi connectivity index (χ0n) is 30.2. The minimum absolute atomic E-state index is 0.0493. The van der Waals surface area contributed by atoms with Crippen LogP contribution in [0.4, 0.5) is 5.69 Å². The molecular weight excluding hydrogens is 660 g/mol. The Balaban J connectivity index is 1.25. The van der Waals surface area contributed by atoms with E-state index in [9.17, 15) is 29.4 Å². The van der Waals surface area contributed by atoms with Crippen molar-refractivity contribution in [3.05, 3.63) is 29.8 Å². The van der Waals surface area contributed by atoms with Gasteiger partial charge in [-0.3, -0.25) is 19.3 Å². The van der Waals surface area contributed by atoms with Crippen molar-refractivity contribution in [3.63, 3.8) is 0 Å². The molecule has 8 rings (SSSR count). The third-order valence-corrected chi connectivity index (χ3v) is 14.6. The molecule has 0 aromatic heterocycles. The number of carbonyl (C=O) groups excluding carboxylic acids is 4. The van der Waals surface area contributed by atoms with Crippen LogP contribution in [-0.4, -0.2) is 122 Å². The fourth-order valence-electron chi connectivity index (χ4n) is 13.2. The minimum atomic E-state index is -1.82. The highest BCUT2D eigenvalue weighted by molar-refractivity contribution is 6.22. The topological polar surface area (TPSA) is 161 Å². The van der Waals surface area contributed by atoms with Gasteiger partial charge in [0.05, 0.1) is 42.2 Å². The molecule has 7 bridgehead atoms. The van der Waals surface area contributed by atoms with Crippen molar-refractivity contribution in [1.82, 2.24) is 4.90 Å². The number of carbonyl (C=O) groups is 4. The number of aliphatic hydroxyl groups is 2. The number of amides is 2. The van der Waals surface area contributed by atoms with E-state index in [1.54, 1.807) is 52.5 Å². The standard InChI is InChI=1S/C38H50N2O11/c1-7-39-17-35(18-50-33(44)21-10-8-9-11-24(21)40-27(42)14-19(2)32(40)43)13-12-26(51-20(3)41)37-23-15-22-25(47-4)16-36(45,28(23)29(22)48-5)38(46,34(37)39)31(49-6)30(35)37/h8-11,19,22-23,25-26,28-31,34,45-46H,7,12-18H2,1-6H3/t19-,22+,23+,25-,26-,28+,29-,30+,31-,34?,35-,36+,37-,38+/m0/s1. The normalized spacial score (nSPS) is 46.4. The molecule has 2 saturated heterocycles. The molecular formula is C38H50N2O11. The Bertz CT molecular complexity index is 1650. The number of imide groups is 1. The van der Waals surface area contributed by atoms with E-state index in [0.29, 0.717) is 32.4 Å². The summed E-state index contributed by atoms with van der Waals surface area (Å²) in [6.07, 6.45) is -0.410. The average molecular weight is 711 g/mol. The third-order valence-electron chi connectivity index (χ3n) is 14.6. The van der Waals surface area contributed by atoms with Crippen molar-refractivity contribution in [2.45, 2.75) is 94.5 Å². The Labute approximate surface area is 297 Å². The van der Waals surface area contributed by atoms with E-state index < -0.39 is 76.1 Å². The number of methoxy groups -OCH3 is 3. The van der Waals surface area contributed by atoms with Crippen LogP contribution in [0.25, 0.3) is 0 Å². The lowest BCUT2D eigenvalue weighted by molar-refractivity contribution is -0.319. The number of nitrogens with zero attached hydrogens (tertiary/aromatic N) is 2. The molecule has 2 aliphatic heterocycles. The first-order valence-corrected chi connectivity index (χ1v) is 18.4. The molecule has 14 atom stereocenters. The number of benzene rings is 1. The number of anilines is 1. The molecule has 2 heterocycles. The summed E-state index contributed by atoms with van der Waals surface area (Å²) in [5.74, 6) is -3.56. The first kappa shape index (κ1) is 35.1. The van der Waals surface area contributed by atoms with E-state index in [2.05, 4.69) is 4.90 Å². The lowest BCUT2D eigenvalue weighted by atomic mass is 9.42. The van der Waals surface area contributed by atoms with Crippen LogP contribution in [0, 0.1) is 40.4 Å². The van der Waals surface area contributed by atoms with E-state index in [1.165, 1.54) is 6.92 Å². The summed E-state index contributed by atoms with van der Waals surface area (Å²) in [5, 5.41) is 26.7. The predicted molar refractivity (Wildman–Crippen MR) is 179 cm³/mol. The van der Waals surface area contributed by atoms with Crippen molar-refractivity contribution >= 4 is 29.4 Å². The van der Waals surface area contributed by atoms with Crippen LogP contribution >= 0.6 is 0 Å². The van der Waals surface area contributed by atoms with Gasteiger partial charge in [0.25, 0.3) is 0 Å². The van der Waals surface area contributed by atoms with Gasteiger partial charge in [-0.15, -0.1) is 0 Å². The lowest BCUT2D eigenvalue weighted by Gasteiger charge is -2.69. The zero-order chi connectivity index (χ0) is 36.4. The molecule has 13 heteroatoms. The van der Waals surface area contributed by atoms with E-state index in [4.69, 9.17) is 23.7 Å². The molecule has 278 valence electrons. The SMILES string of the molecule is CCN1C[C@]2(COC(=O)c3ccccc3N3C(=O)C[C@H](C)C3=O)CC[C@H](OC(C)=O)[C@]34C1[C@](O)([C@@H](OC)[C@H]23)[C@@]1(O)C[C@H](OC)[C@H]2C[C@@H]4[C@@H]1[C@H]2OC. The van der Waals surface area contributed by atoms with Crippen molar-refractivity contribution in [2.75, 3.05) is 45.9 Å². The lowest BCUT2D eigenvalue weighted by Crippen LogP contribution is -2.82. The summed E-state index contributed by atoms with van der Waals surface area (Å²) in [5.41, 5.74) is -4.83. The Kier molecular flexibility index (Phi) is 8.11. The maximum absolute atomic E-state index is 14.1. The molecule has 1 aromatic rings. The monoisotopic (exact) mass is 710 g/mol. The summed E-state index contributed by atoms with van der Waals surface area (Å²) < 4.78 is 31.1. The maximum Gasteiger partial charge on any atom is 0.340 e. The molecule has 5 saturated carbocycles. The summed E-state index contributed by atoms with van der Waals surface area (Å²) in [4.78, 5) is 56.1. The molecule has 1 unspecified atom stereocenters. The molecule has 2 N–H and O–H groups in total. The van der Waals surface area contributed by atoms with Crippen molar-refractivity contribution < 1.29 is 53.1 Å². The highest BCUT2D eigenvalue weighted by atomic mass is 16.6. The number of esters is 2. The molecule has 0 radical (unpaired) electrons. The van der Waals surface area contributed by atoms with Gasteiger partial charge in [0, 0.05) is 82.1 Å². The summed E-state index contributed by atoms with van der Waals surface area (Å²) >= 11 is 0. The molecule has 7 aliphatic rings. The summed E-state index contributed by atoms with van der Waals surface area (Å²) in [7, 11) is 4.82. The zero-order valence-corrected chi connectivity index (χ0v) is 30.2. The van der Waals surface area contributed by atoms with E-state index in [1.807, 2.05) is 6.92 Å². The Morgan fingerprint density at radius 2 is 1.80 bits per heavy atom. The number of piperidine rings is 1. The largest absolute Gasteiger partial charge is 0.462 e. The van der Waals surface area contributed by atoms with Gasteiger partial charge < -0.3 is 33.9 Å². The average Bonchev–Trinajstić information content (AvgIpc) is 3.64. The second kappa shape index (κ2) is 11.8. The summed E-state index contributed by atoms with van der Waals surface area (Å²) in [6, 6.07) is 5.85. The van der Waals surface area contributed by atoms with Gasteiger partial charge in [0.2, 0.25) is 11.8 Å². The van der Waals surface area contributed by atoms with Gasteiger partial charge in [0.1, 0.15) is 17.3 Å². The maximum atomic E-state index is 14.1. The Morgan fingerprint density at radius 1 is 1.06 bits per heavy atom. The molecule has 51 heavy (non-hydrogen) atoms. The van der Waals surface area contributed by atoms with Crippen LogP contribution in [0.1, 0.15) is 63.2 Å². The van der Waals surface area contributed by atoms with Crippen LogP contribution in [0.15, 0.2) is 24.3 Å². The number of ether oxygens (including phenoxy) is 5. The minimum Gasteiger partial charge on any atom is -0.462 e. The predicted octanol–water partition coefficient (Wildman–Crippen LogP) is 1.95. The Morgan fingerprint density at radius 3 is 2.43 bits per heavy atom. The van der Waals surface area contributed by atoms with Crippen LogP contribution in [-0.2, 0) is 38.1 Å². The number of likely N-dealkylation sites (N-methyl/N-ethyl adjacent to an activating group) is 1. The quantitative estimate of drug-likeness (QED) is 0.284. The Hall–Kier alpha value is -2.94. The number of rotatable bonds is 9. The van der Waals surface area contributed by atoms with Crippen LogP contribution < -0.4 is 4.90 Å². The second-order valence-electron chi connectivity index (χ2n) is 16.3. The van der Waals surface area contributed by atoms with Crippen LogP contribution in [0.5, 0.6) is 0 Å². The number of fused-ring (bicyclic) bond motifs is 2. The van der Waals surface area contributed by atoms with Gasteiger partial charge in [-0.05, 0) is 43.9 Å². The first-order chi connectivity index (χ1) is 24.3. The van der Waals surface area contributed by atoms with Gasteiger partial charge in [-0.1, -0.05) is 26.0 Å². The second-order valence-corrected chi connectivity index (χ2v) is 16.3. The van der Waals surface area contributed by atoms with Crippen molar-refractivity contribution in [3.8, 4) is 0 Å². The number of hydrogen-bond acceptors (Lipinski definition) is 12. The van der Waals surface area contributed by atoms with Crippen LogP contribution in [0.3, 0.4) is 0 Å².